The average molecular weight is 466 g/mol. The molecular formula is C23H35N3O5S. The predicted molar refractivity (Wildman–Crippen MR) is 121 cm³/mol. The van der Waals surface area contributed by atoms with Gasteiger partial charge in [-0.2, -0.15) is 4.72 Å². The average Bonchev–Trinajstić information content (AvgIpc) is 3.22. The van der Waals surface area contributed by atoms with Gasteiger partial charge in [0.15, 0.2) is 11.5 Å². The van der Waals surface area contributed by atoms with Crippen LogP contribution in [0.3, 0.4) is 0 Å². The number of nitrogens with one attached hydrogen (secondary N) is 1. The van der Waals surface area contributed by atoms with Crippen molar-refractivity contribution in [3.8, 4) is 11.5 Å². The Labute approximate surface area is 191 Å². The molecule has 32 heavy (non-hydrogen) atoms. The monoisotopic (exact) mass is 465 g/mol. The SMILES string of the molecule is CC(C)C(NS(=O)(=O)c1ccc2c(c1)OCCCO2)C(=O)N1CCN(C2CCCC2)CC1. The van der Waals surface area contributed by atoms with Gasteiger partial charge < -0.3 is 14.4 Å². The number of benzene rings is 1. The number of sulfonamides is 1. The van der Waals surface area contributed by atoms with Gasteiger partial charge in [0.1, 0.15) is 6.04 Å². The Bertz CT molecular complexity index is 906. The number of ether oxygens (including phenoxy) is 2. The van der Waals surface area contributed by atoms with Gasteiger partial charge in [0.25, 0.3) is 0 Å². The van der Waals surface area contributed by atoms with Crippen LogP contribution in [0.4, 0.5) is 0 Å². The summed E-state index contributed by atoms with van der Waals surface area (Å²) in [5, 5.41) is 0. The van der Waals surface area contributed by atoms with E-state index in [9.17, 15) is 13.2 Å². The van der Waals surface area contributed by atoms with Crippen LogP contribution in [0.1, 0.15) is 46.0 Å². The first-order valence-corrected chi connectivity index (χ1v) is 13.3. The summed E-state index contributed by atoms with van der Waals surface area (Å²) < 4.78 is 40.2. The smallest absolute Gasteiger partial charge is 0.241 e. The Balaban J connectivity index is 1.43. The highest BCUT2D eigenvalue weighted by molar-refractivity contribution is 7.89. The molecule has 0 aromatic heterocycles. The Morgan fingerprint density at radius 2 is 1.66 bits per heavy atom. The number of amides is 1. The number of hydrogen-bond donors (Lipinski definition) is 1. The second kappa shape index (κ2) is 9.97. The van der Waals surface area contributed by atoms with Crippen molar-refractivity contribution >= 4 is 15.9 Å². The molecule has 4 rings (SSSR count). The number of nitrogens with zero attached hydrogens (tertiary/aromatic N) is 2. The van der Waals surface area contributed by atoms with Crippen LogP contribution in [0.2, 0.25) is 0 Å². The second-order valence-corrected chi connectivity index (χ2v) is 11.0. The molecule has 9 heteroatoms. The number of carbonyl (C=O) groups excluding carboxylic acids is 1. The van der Waals surface area contributed by atoms with Gasteiger partial charge in [-0.3, -0.25) is 9.69 Å². The largest absolute Gasteiger partial charge is 0.490 e. The van der Waals surface area contributed by atoms with Crippen molar-refractivity contribution in [2.45, 2.75) is 62.9 Å². The van der Waals surface area contributed by atoms with E-state index < -0.39 is 16.1 Å². The molecule has 1 atom stereocenters. The van der Waals surface area contributed by atoms with Crippen LogP contribution in [0.5, 0.6) is 11.5 Å². The van der Waals surface area contributed by atoms with E-state index in [4.69, 9.17) is 9.47 Å². The quantitative estimate of drug-likeness (QED) is 0.693. The Morgan fingerprint density at radius 3 is 2.31 bits per heavy atom. The van der Waals surface area contributed by atoms with E-state index in [1.807, 2.05) is 18.7 Å². The van der Waals surface area contributed by atoms with Crippen molar-refractivity contribution in [2.24, 2.45) is 5.92 Å². The van der Waals surface area contributed by atoms with Crippen molar-refractivity contribution in [1.29, 1.82) is 0 Å². The van der Waals surface area contributed by atoms with Crippen molar-refractivity contribution < 1.29 is 22.7 Å². The van der Waals surface area contributed by atoms with Crippen LogP contribution < -0.4 is 14.2 Å². The summed E-state index contributed by atoms with van der Waals surface area (Å²) in [7, 11) is -3.90. The molecule has 0 spiro atoms. The summed E-state index contributed by atoms with van der Waals surface area (Å²) in [4.78, 5) is 17.7. The number of rotatable bonds is 6. The molecule has 1 amide bonds. The molecule has 1 aromatic rings. The fourth-order valence-electron chi connectivity index (χ4n) is 4.79. The second-order valence-electron chi connectivity index (χ2n) is 9.30. The van der Waals surface area contributed by atoms with E-state index in [1.165, 1.54) is 37.8 Å². The van der Waals surface area contributed by atoms with E-state index in [1.54, 1.807) is 6.07 Å². The molecule has 3 aliphatic rings. The van der Waals surface area contributed by atoms with Crippen LogP contribution in [-0.4, -0.2) is 75.6 Å². The van der Waals surface area contributed by atoms with E-state index in [-0.39, 0.29) is 16.7 Å². The highest BCUT2D eigenvalue weighted by Crippen LogP contribution is 2.32. The zero-order chi connectivity index (χ0) is 22.7. The molecular weight excluding hydrogens is 430 g/mol. The first kappa shape index (κ1) is 23.3. The third-order valence-electron chi connectivity index (χ3n) is 6.71. The topological polar surface area (TPSA) is 88.2 Å². The predicted octanol–water partition coefficient (Wildman–Crippen LogP) is 2.24. The van der Waals surface area contributed by atoms with Gasteiger partial charge in [0.2, 0.25) is 15.9 Å². The third kappa shape index (κ3) is 5.21. The summed E-state index contributed by atoms with van der Waals surface area (Å²) in [6.07, 6.45) is 5.82. The van der Waals surface area contributed by atoms with E-state index >= 15 is 0 Å². The molecule has 0 radical (unpaired) electrons. The molecule has 1 aromatic carbocycles. The zero-order valence-corrected chi connectivity index (χ0v) is 19.9. The molecule has 1 saturated carbocycles. The van der Waals surface area contributed by atoms with Crippen LogP contribution >= 0.6 is 0 Å². The molecule has 0 bridgehead atoms. The molecule has 2 fully saturated rings. The highest BCUT2D eigenvalue weighted by Gasteiger charge is 2.34. The molecule has 2 aliphatic heterocycles. The summed E-state index contributed by atoms with van der Waals surface area (Å²) in [6, 6.07) is 4.42. The fourth-order valence-corrected chi connectivity index (χ4v) is 6.14. The molecule has 8 nitrogen and oxygen atoms in total. The molecule has 1 N–H and O–H groups in total. The van der Waals surface area contributed by atoms with Crippen molar-refractivity contribution in [3.63, 3.8) is 0 Å². The van der Waals surface area contributed by atoms with Gasteiger partial charge >= 0.3 is 0 Å². The summed E-state index contributed by atoms with van der Waals surface area (Å²) in [6.45, 7) is 7.75. The van der Waals surface area contributed by atoms with Crippen LogP contribution in [0, 0.1) is 5.92 Å². The first-order chi connectivity index (χ1) is 15.3. The van der Waals surface area contributed by atoms with E-state index in [2.05, 4.69) is 9.62 Å². The highest BCUT2D eigenvalue weighted by atomic mass is 32.2. The van der Waals surface area contributed by atoms with Gasteiger partial charge in [-0.15, -0.1) is 0 Å². The number of carbonyl (C=O) groups is 1. The molecule has 2 heterocycles. The third-order valence-corrected chi connectivity index (χ3v) is 8.15. The summed E-state index contributed by atoms with van der Waals surface area (Å²) in [5.74, 6) is 0.633. The standard InChI is InChI=1S/C23H35N3O5S/c1-17(2)22(23(27)26-12-10-25(11-13-26)18-6-3-4-7-18)24-32(28,29)19-8-9-20-21(16-19)31-15-5-14-30-20/h8-9,16-18,22,24H,3-7,10-15H2,1-2H3. The van der Waals surface area contributed by atoms with E-state index in [0.29, 0.717) is 43.8 Å². The lowest BCUT2D eigenvalue weighted by Gasteiger charge is -2.39. The maximum atomic E-state index is 13.3. The Hall–Kier alpha value is -1.84. The lowest BCUT2D eigenvalue weighted by atomic mass is 10.0. The van der Waals surface area contributed by atoms with Crippen LogP contribution in [0.25, 0.3) is 0 Å². The molecule has 1 unspecified atom stereocenters. The van der Waals surface area contributed by atoms with Crippen LogP contribution in [0.15, 0.2) is 23.1 Å². The van der Waals surface area contributed by atoms with Gasteiger partial charge in [-0.25, -0.2) is 8.42 Å². The number of hydrogen-bond acceptors (Lipinski definition) is 6. The Kier molecular flexibility index (Phi) is 7.27. The maximum Gasteiger partial charge on any atom is 0.241 e. The van der Waals surface area contributed by atoms with Crippen LogP contribution in [-0.2, 0) is 14.8 Å². The minimum atomic E-state index is -3.90. The Morgan fingerprint density at radius 1 is 1.00 bits per heavy atom. The molecule has 178 valence electrons. The van der Waals surface area contributed by atoms with Gasteiger partial charge in [-0.1, -0.05) is 26.7 Å². The van der Waals surface area contributed by atoms with Crippen molar-refractivity contribution in [3.05, 3.63) is 18.2 Å². The minimum absolute atomic E-state index is 0.0752. The number of fused-ring (bicyclic) bond motifs is 1. The lowest BCUT2D eigenvalue weighted by Crippen LogP contribution is -2.57. The zero-order valence-electron chi connectivity index (χ0n) is 19.1. The van der Waals surface area contributed by atoms with Gasteiger partial charge in [0, 0.05) is 44.7 Å². The lowest BCUT2D eigenvalue weighted by molar-refractivity contribution is -0.136. The number of piperazine rings is 1. The van der Waals surface area contributed by atoms with Gasteiger partial charge in [0.05, 0.1) is 18.1 Å². The van der Waals surface area contributed by atoms with E-state index in [0.717, 1.165) is 19.5 Å². The maximum absolute atomic E-state index is 13.3. The normalized spacial score (nSPS) is 21.5. The molecule has 1 saturated heterocycles. The van der Waals surface area contributed by atoms with Crippen molar-refractivity contribution in [1.82, 2.24) is 14.5 Å². The van der Waals surface area contributed by atoms with Gasteiger partial charge in [-0.05, 0) is 30.9 Å². The summed E-state index contributed by atoms with van der Waals surface area (Å²) in [5.41, 5.74) is 0. The fraction of sp³-hybridized carbons (Fsp3) is 0.696. The first-order valence-electron chi connectivity index (χ1n) is 11.8. The van der Waals surface area contributed by atoms with Crippen molar-refractivity contribution in [2.75, 3.05) is 39.4 Å². The summed E-state index contributed by atoms with van der Waals surface area (Å²) >= 11 is 0. The minimum Gasteiger partial charge on any atom is -0.490 e. The molecule has 1 aliphatic carbocycles.